The molecule has 1 saturated carbocycles. The smallest absolute Gasteiger partial charge is 0.358 e. The van der Waals surface area contributed by atoms with E-state index in [0.717, 1.165) is 36.3 Å². The van der Waals surface area contributed by atoms with Gasteiger partial charge in [0.25, 0.3) is 0 Å². The van der Waals surface area contributed by atoms with Crippen LogP contribution in [0.1, 0.15) is 29.4 Å². The minimum atomic E-state index is -0.382. The molecule has 2 unspecified atom stereocenters. The summed E-state index contributed by atoms with van der Waals surface area (Å²) in [6.45, 7) is 5.09. The third kappa shape index (κ3) is 2.93. The highest BCUT2D eigenvalue weighted by Crippen LogP contribution is 2.45. The maximum absolute atomic E-state index is 11.6. The number of imidazole rings is 1. The molecule has 1 aliphatic heterocycles. The van der Waals surface area contributed by atoms with Crippen LogP contribution in [0.4, 0.5) is 5.82 Å². The quantitative estimate of drug-likeness (QED) is 0.790. The summed E-state index contributed by atoms with van der Waals surface area (Å²) < 4.78 is 6.81. The van der Waals surface area contributed by atoms with Crippen LogP contribution in [0, 0.1) is 11.8 Å². The Morgan fingerprint density at radius 2 is 2.13 bits per heavy atom. The van der Waals surface area contributed by atoms with Crippen LogP contribution in [0.2, 0.25) is 0 Å². The lowest BCUT2D eigenvalue weighted by molar-refractivity contribution is 0.0520. The first-order chi connectivity index (χ1) is 11.2. The van der Waals surface area contributed by atoms with E-state index in [1.165, 1.54) is 6.42 Å². The molecule has 0 bridgehead atoms. The second-order valence-corrected chi connectivity index (χ2v) is 6.34. The highest BCUT2D eigenvalue weighted by molar-refractivity contribution is 5.86. The molecule has 0 amide bonds. The molecule has 2 fully saturated rings. The molecule has 2 aromatic heterocycles. The van der Waals surface area contributed by atoms with E-state index in [4.69, 9.17) is 4.74 Å². The van der Waals surface area contributed by atoms with E-state index in [2.05, 4.69) is 27.0 Å². The summed E-state index contributed by atoms with van der Waals surface area (Å²) in [6.07, 6.45) is 6.66. The molecule has 3 heterocycles. The standard InChI is InChI=1S/C17H20N4O2/c1-2-23-17(22)15-10-20(11-19-15)7-12-3-4-16(18-6-12)21-8-13-5-14(13)9-21/h3-4,6,10-11,13-14H,2,5,7-9H2,1H3. The van der Waals surface area contributed by atoms with E-state index in [1.807, 2.05) is 10.8 Å². The Balaban J connectivity index is 1.40. The van der Waals surface area contributed by atoms with Gasteiger partial charge in [0, 0.05) is 25.5 Å². The first-order valence-electron chi connectivity index (χ1n) is 8.11. The molecular formula is C17H20N4O2. The molecule has 0 spiro atoms. The average Bonchev–Trinajstić information content (AvgIpc) is 2.98. The third-order valence-electron chi connectivity index (χ3n) is 4.59. The molecule has 1 aliphatic carbocycles. The Hall–Kier alpha value is -2.37. The van der Waals surface area contributed by atoms with Crippen molar-refractivity contribution in [3.8, 4) is 0 Å². The number of fused-ring (bicyclic) bond motifs is 1. The molecule has 0 radical (unpaired) electrons. The molecule has 2 aliphatic rings. The van der Waals surface area contributed by atoms with Crippen molar-refractivity contribution in [2.75, 3.05) is 24.6 Å². The minimum Gasteiger partial charge on any atom is -0.461 e. The van der Waals surface area contributed by atoms with Gasteiger partial charge in [-0.1, -0.05) is 6.07 Å². The van der Waals surface area contributed by atoms with Gasteiger partial charge in [-0.05, 0) is 36.8 Å². The summed E-state index contributed by atoms with van der Waals surface area (Å²) >= 11 is 0. The lowest BCUT2D eigenvalue weighted by Crippen LogP contribution is -2.22. The number of carbonyl (C=O) groups excluding carboxylic acids is 1. The fourth-order valence-corrected chi connectivity index (χ4v) is 3.25. The predicted octanol–water partition coefficient (Wildman–Crippen LogP) is 1.96. The van der Waals surface area contributed by atoms with Gasteiger partial charge >= 0.3 is 5.97 Å². The number of hydrogen-bond donors (Lipinski definition) is 0. The van der Waals surface area contributed by atoms with Crippen LogP contribution in [-0.4, -0.2) is 40.2 Å². The number of nitrogens with zero attached hydrogens (tertiary/aromatic N) is 4. The first kappa shape index (κ1) is 14.2. The van der Waals surface area contributed by atoms with Crippen molar-refractivity contribution in [2.24, 2.45) is 11.8 Å². The third-order valence-corrected chi connectivity index (χ3v) is 4.59. The average molecular weight is 312 g/mol. The van der Waals surface area contributed by atoms with Gasteiger partial charge in [-0.15, -0.1) is 0 Å². The number of anilines is 1. The van der Waals surface area contributed by atoms with Gasteiger partial charge in [-0.25, -0.2) is 14.8 Å². The molecule has 4 rings (SSSR count). The Labute approximate surface area is 135 Å². The second-order valence-electron chi connectivity index (χ2n) is 6.34. The Bertz CT molecular complexity index is 700. The van der Waals surface area contributed by atoms with Crippen LogP contribution in [0.15, 0.2) is 30.9 Å². The summed E-state index contributed by atoms with van der Waals surface area (Å²) in [5.74, 6) is 2.50. The maximum atomic E-state index is 11.6. The largest absolute Gasteiger partial charge is 0.461 e. The molecule has 6 nitrogen and oxygen atoms in total. The number of esters is 1. The summed E-state index contributed by atoms with van der Waals surface area (Å²) in [7, 11) is 0. The van der Waals surface area contributed by atoms with Gasteiger partial charge in [0.15, 0.2) is 5.69 Å². The van der Waals surface area contributed by atoms with Crippen molar-refractivity contribution < 1.29 is 9.53 Å². The van der Waals surface area contributed by atoms with Gasteiger partial charge in [0.2, 0.25) is 0 Å². The van der Waals surface area contributed by atoms with Crippen LogP contribution in [0.3, 0.4) is 0 Å². The summed E-state index contributed by atoms with van der Waals surface area (Å²) in [6, 6.07) is 4.18. The van der Waals surface area contributed by atoms with Gasteiger partial charge in [0.1, 0.15) is 5.82 Å². The van der Waals surface area contributed by atoms with Crippen LogP contribution in [-0.2, 0) is 11.3 Å². The fraction of sp³-hybridized carbons (Fsp3) is 0.471. The molecular weight excluding hydrogens is 292 g/mol. The zero-order valence-electron chi connectivity index (χ0n) is 13.2. The molecule has 0 aromatic carbocycles. The topological polar surface area (TPSA) is 60.2 Å². The SMILES string of the molecule is CCOC(=O)c1cn(Cc2ccc(N3CC4CC4C3)nc2)cn1. The number of piperidine rings is 1. The van der Waals surface area contributed by atoms with Gasteiger partial charge in [-0.2, -0.15) is 0 Å². The zero-order chi connectivity index (χ0) is 15.8. The molecule has 120 valence electrons. The second kappa shape index (κ2) is 5.68. The van der Waals surface area contributed by atoms with Crippen LogP contribution < -0.4 is 4.90 Å². The molecule has 1 saturated heterocycles. The molecule has 23 heavy (non-hydrogen) atoms. The lowest BCUT2D eigenvalue weighted by atomic mass is 10.2. The maximum Gasteiger partial charge on any atom is 0.358 e. The van der Waals surface area contributed by atoms with Crippen LogP contribution in [0.5, 0.6) is 0 Å². The van der Waals surface area contributed by atoms with Gasteiger partial charge in [-0.3, -0.25) is 0 Å². The number of carbonyl (C=O) groups is 1. The summed E-state index contributed by atoms with van der Waals surface area (Å²) in [4.78, 5) is 22.7. The van der Waals surface area contributed by atoms with E-state index in [1.54, 1.807) is 19.4 Å². The zero-order valence-corrected chi connectivity index (χ0v) is 13.2. The van der Waals surface area contributed by atoms with E-state index in [9.17, 15) is 4.79 Å². The number of rotatable bonds is 5. The van der Waals surface area contributed by atoms with Crippen molar-refractivity contribution in [1.29, 1.82) is 0 Å². The number of aromatic nitrogens is 3. The van der Waals surface area contributed by atoms with E-state index in [0.29, 0.717) is 18.8 Å². The van der Waals surface area contributed by atoms with E-state index >= 15 is 0 Å². The fourth-order valence-electron chi connectivity index (χ4n) is 3.25. The number of ether oxygens (including phenoxy) is 1. The number of hydrogen-bond acceptors (Lipinski definition) is 5. The number of pyridine rings is 1. The first-order valence-corrected chi connectivity index (χ1v) is 8.11. The Kier molecular flexibility index (Phi) is 3.52. The predicted molar refractivity (Wildman–Crippen MR) is 85.3 cm³/mol. The van der Waals surface area contributed by atoms with Crippen molar-refractivity contribution >= 4 is 11.8 Å². The highest BCUT2D eigenvalue weighted by Gasteiger charge is 2.45. The molecule has 2 atom stereocenters. The Morgan fingerprint density at radius 3 is 2.83 bits per heavy atom. The Morgan fingerprint density at radius 1 is 1.30 bits per heavy atom. The van der Waals surface area contributed by atoms with Gasteiger partial charge in [0.05, 0.1) is 19.5 Å². The highest BCUT2D eigenvalue weighted by atomic mass is 16.5. The summed E-state index contributed by atoms with van der Waals surface area (Å²) in [5.41, 5.74) is 1.43. The van der Waals surface area contributed by atoms with Crippen molar-refractivity contribution in [1.82, 2.24) is 14.5 Å². The molecule has 0 N–H and O–H groups in total. The molecule has 6 heteroatoms. The summed E-state index contributed by atoms with van der Waals surface area (Å²) in [5, 5.41) is 0. The van der Waals surface area contributed by atoms with E-state index < -0.39 is 0 Å². The van der Waals surface area contributed by atoms with E-state index in [-0.39, 0.29) is 5.97 Å². The normalized spacial score (nSPS) is 22.0. The van der Waals surface area contributed by atoms with Crippen molar-refractivity contribution in [3.63, 3.8) is 0 Å². The lowest BCUT2D eigenvalue weighted by Gasteiger charge is -2.19. The van der Waals surface area contributed by atoms with Crippen molar-refractivity contribution in [2.45, 2.75) is 19.9 Å². The minimum absolute atomic E-state index is 0.340. The van der Waals surface area contributed by atoms with Crippen molar-refractivity contribution in [3.05, 3.63) is 42.1 Å². The van der Waals surface area contributed by atoms with Crippen LogP contribution >= 0.6 is 0 Å². The monoisotopic (exact) mass is 312 g/mol. The molecule has 2 aromatic rings. The van der Waals surface area contributed by atoms with Crippen LogP contribution in [0.25, 0.3) is 0 Å². The van der Waals surface area contributed by atoms with Gasteiger partial charge < -0.3 is 14.2 Å².